The molecule has 0 amide bonds. The van der Waals surface area contributed by atoms with Crippen molar-refractivity contribution in [3.05, 3.63) is 42.2 Å². The number of esters is 1. The van der Waals surface area contributed by atoms with E-state index in [0.717, 1.165) is 40.5 Å². The first kappa shape index (κ1) is 19.0. The van der Waals surface area contributed by atoms with Gasteiger partial charge in [-0.3, -0.25) is 4.98 Å². The van der Waals surface area contributed by atoms with Crippen molar-refractivity contribution in [3.8, 4) is 0 Å². The van der Waals surface area contributed by atoms with E-state index in [2.05, 4.69) is 17.2 Å². The number of anilines is 1. The van der Waals surface area contributed by atoms with Crippen LogP contribution in [0.3, 0.4) is 0 Å². The molecule has 0 aliphatic carbocycles. The summed E-state index contributed by atoms with van der Waals surface area (Å²) in [6.45, 7) is 4.25. The molecule has 0 saturated carbocycles. The highest BCUT2D eigenvalue weighted by Gasteiger charge is 2.12. The Hall–Kier alpha value is -2.73. The molecular formula is C21H25N3O3. The number of rotatable bonds is 9. The highest BCUT2D eigenvalue weighted by molar-refractivity contribution is 6.10. The molecule has 6 heteroatoms. The summed E-state index contributed by atoms with van der Waals surface area (Å²) >= 11 is 0. The molecule has 6 nitrogen and oxygen atoms in total. The van der Waals surface area contributed by atoms with Gasteiger partial charge in [0, 0.05) is 41.7 Å². The van der Waals surface area contributed by atoms with Crippen LogP contribution in [-0.2, 0) is 9.47 Å². The third-order valence-corrected chi connectivity index (χ3v) is 4.45. The molecule has 3 rings (SSSR count). The van der Waals surface area contributed by atoms with E-state index >= 15 is 0 Å². The van der Waals surface area contributed by atoms with Gasteiger partial charge in [0.1, 0.15) is 5.82 Å². The molecule has 142 valence electrons. The van der Waals surface area contributed by atoms with Crippen molar-refractivity contribution in [1.82, 2.24) is 9.97 Å². The predicted molar refractivity (Wildman–Crippen MR) is 107 cm³/mol. The van der Waals surface area contributed by atoms with E-state index in [0.29, 0.717) is 18.7 Å². The monoisotopic (exact) mass is 367 g/mol. The van der Waals surface area contributed by atoms with Crippen molar-refractivity contribution in [2.45, 2.75) is 26.2 Å². The van der Waals surface area contributed by atoms with Crippen molar-refractivity contribution in [1.29, 1.82) is 0 Å². The lowest BCUT2D eigenvalue weighted by molar-refractivity contribution is 0.0601. The fourth-order valence-electron chi connectivity index (χ4n) is 3.03. The Labute approximate surface area is 158 Å². The number of unbranched alkanes of at least 4 members (excludes halogenated alkanes) is 2. The van der Waals surface area contributed by atoms with Gasteiger partial charge in [-0.1, -0.05) is 25.8 Å². The molecule has 0 unspecified atom stereocenters. The minimum Gasteiger partial charge on any atom is -0.465 e. The molecule has 0 aliphatic heterocycles. The van der Waals surface area contributed by atoms with Crippen LogP contribution in [0, 0.1) is 0 Å². The van der Waals surface area contributed by atoms with Gasteiger partial charge < -0.3 is 14.8 Å². The molecule has 0 bridgehead atoms. The lowest BCUT2D eigenvalue weighted by atomic mass is 10.1. The fraction of sp³-hybridized carbons (Fsp3) is 0.381. The molecule has 0 aliphatic rings. The van der Waals surface area contributed by atoms with Gasteiger partial charge in [0.25, 0.3) is 0 Å². The van der Waals surface area contributed by atoms with Crippen molar-refractivity contribution in [3.63, 3.8) is 0 Å². The summed E-state index contributed by atoms with van der Waals surface area (Å²) in [6, 6.07) is 7.33. The second-order valence-corrected chi connectivity index (χ2v) is 6.35. The number of ether oxygens (including phenoxy) is 2. The van der Waals surface area contributed by atoms with E-state index in [1.54, 1.807) is 18.3 Å². The van der Waals surface area contributed by atoms with Crippen LogP contribution < -0.4 is 5.32 Å². The molecule has 0 saturated heterocycles. The third-order valence-electron chi connectivity index (χ3n) is 4.45. The summed E-state index contributed by atoms with van der Waals surface area (Å²) in [5.74, 6) is 0.388. The second kappa shape index (κ2) is 9.28. The van der Waals surface area contributed by atoms with Crippen LogP contribution in [0.1, 0.15) is 36.5 Å². The van der Waals surface area contributed by atoms with Gasteiger partial charge in [0.15, 0.2) is 0 Å². The van der Waals surface area contributed by atoms with E-state index in [1.807, 2.05) is 18.3 Å². The maximum atomic E-state index is 11.8. The van der Waals surface area contributed by atoms with E-state index in [1.165, 1.54) is 20.0 Å². The Bertz CT molecular complexity index is 927. The molecule has 1 aromatic carbocycles. The fourth-order valence-corrected chi connectivity index (χ4v) is 3.03. The second-order valence-electron chi connectivity index (χ2n) is 6.35. The number of nitrogens with zero attached hydrogens (tertiary/aromatic N) is 2. The number of methoxy groups -OCH3 is 1. The average Bonchev–Trinajstić information content (AvgIpc) is 2.72. The van der Waals surface area contributed by atoms with Gasteiger partial charge >= 0.3 is 5.97 Å². The molecule has 2 aromatic heterocycles. The van der Waals surface area contributed by atoms with Gasteiger partial charge in [-0.25, -0.2) is 9.78 Å². The smallest absolute Gasteiger partial charge is 0.337 e. The van der Waals surface area contributed by atoms with Crippen LogP contribution in [0.4, 0.5) is 5.82 Å². The Morgan fingerprint density at radius 1 is 1.11 bits per heavy atom. The zero-order valence-corrected chi connectivity index (χ0v) is 15.8. The average molecular weight is 367 g/mol. The predicted octanol–water partition coefficient (Wildman–Crippen LogP) is 4.19. The number of aromatic nitrogens is 2. The third kappa shape index (κ3) is 4.52. The van der Waals surface area contributed by atoms with Crippen molar-refractivity contribution >= 4 is 33.5 Å². The Morgan fingerprint density at radius 3 is 2.81 bits per heavy atom. The summed E-state index contributed by atoms with van der Waals surface area (Å²) in [6.07, 6.45) is 7.06. The normalized spacial score (nSPS) is 11.0. The standard InChI is InChI=1S/C21H25N3O3/c1-3-4-5-11-27-12-10-23-20-17-8-9-22-14-18(17)16-7-6-15(21(25)26-2)13-19(16)24-20/h6-9,13-14H,3-5,10-12H2,1-2H3,(H,23,24). The summed E-state index contributed by atoms with van der Waals surface area (Å²) in [4.78, 5) is 20.8. The zero-order chi connectivity index (χ0) is 19.1. The number of fused-ring (bicyclic) bond motifs is 3. The molecule has 1 N–H and O–H groups in total. The number of carbonyl (C=O) groups excluding carboxylic acids is 1. The lowest BCUT2D eigenvalue weighted by Gasteiger charge is -2.12. The van der Waals surface area contributed by atoms with Crippen LogP contribution in [-0.4, -0.2) is 42.8 Å². The summed E-state index contributed by atoms with van der Waals surface area (Å²) in [7, 11) is 1.37. The maximum Gasteiger partial charge on any atom is 0.337 e. The van der Waals surface area contributed by atoms with E-state index in [9.17, 15) is 4.79 Å². The Kier molecular flexibility index (Phi) is 6.54. The van der Waals surface area contributed by atoms with Crippen LogP contribution in [0.2, 0.25) is 0 Å². The van der Waals surface area contributed by atoms with Gasteiger partial charge in [0.05, 0.1) is 24.8 Å². The molecule has 0 atom stereocenters. The Morgan fingerprint density at radius 2 is 2.00 bits per heavy atom. The number of carbonyl (C=O) groups is 1. The summed E-state index contributed by atoms with van der Waals surface area (Å²) < 4.78 is 10.5. The minimum atomic E-state index is -0.375. The number of hydrogen-bond acceptors (Lipinski definition) is 6. The molecule has 0 radical (unpaired) electrons. The Balaban J connectivity index is 1.83. The van der Waals surface area contributed by atoms with E-state index in [4.69, 9.17) is 14.5 Å². The van der Waals surface area contributed by atoms with Crippen LogP contribution >= 0.6 is 0 Å². The molecule has 0 spiro atoms. The van der Waals surface area contributed by atoms with Crippen molar-refractivity contribution < 1.29 is 14.3 Å². The van der Waals surface area contributed by atoms with Gasteiger partial charge in [-0.15, -0.1) is 0 Å². The maximum absolute atomic E-state index is 11.8. The molecule has 3 aromatic rings. The van der Waals surface area contributed by atoms with Crippen molar-refractivity contribution in [2.24, 2.45) is 0 Å². The quantitative estimate of drug-likeness (QED) is 0.347. The molecule has 2 heterocycles. The van der Waals surface area contributed by atoms with Gasteiger partial charge in [-0.05, 0) is 24.6 Å². The summed E-state index contributed by atoms with van der Waals surface area (Å²) in [5.41, 5.74) is 1.20. The zero-order valence-electron chi connectivity index (χ0n) is 15.8. The van der Waals surface area contributed by atoms with Gasteiger partial charge in [-0.2, -0.15) is 0 Å². The highest BCUT2D eigenvalue weighted by atomic mass is 16.5. The number of nitrogens with one attached hydrogen (secondary N) is 1. The van der Waals surface area contributed by atoms with E-state index < -0.39 is 0 Å². The molecule has 0 fully saturated rings. The van der Waals surface area contributed by atoms with Crippen LogP contribution in [0.15, 0.2) is 36.7 Å². The number of pyridine rings is 2. The van der Waals surface area contributed by atoms with E-state index in [-0.39, 0.29) is 5.97 Å². The molecule has 27 heavy (non-hydrogen) atoms. The highest BCUT2D eigenvalue weighted by Crippen LogP contribution is 2.29. The number of benzene rings is 1. The number of hydrogen-bond donors (Lipinski definition) is 1. The molecular weight excluding hydrogens is 342 g/mol. The minimum absolute atomic E-state index is 0.375. The summed E-state index contributed by atoms with van der Waals surface area (Å²) in [5, 5.41) is 6.29. The largest absolute Gasteiger partial charge is 0.465 e. The first-order chi connectivity index (χ1) is 13.2. The van der Waals surface area contributed by atoms with Crippen molar-refractivity contribution in [2.75, 3.05) is 32.2 Å². The first-order valence-electron chi connectivity index (χ1n) is 9.32. The first-order valence-corrected chi connectivity index (χ1v) is 9.32. The van der Waals surface area contributed by atoms with Gasteiger partial charge in [0.2, 0.25) is 0 Å². The lowest BCUT2D eigenvalue weighted by Crippen LogP contribution is -2.11. The van der Waals surface area contributed by atoms with Crippen LogP contribution in [0.25, 0.3) is 21.7 Å². The topological polar surface area (TPSA) is 73.3 Å². The van der Waals surface area contributed by atoms with Crippen LogP contribution in [0.5, 0.6) is 0 Å². The SMILES string of the molecule is CCCCCOCCNc1nc2cc(C(=O)OC)ccc2c2cnccc12.